The molecule has 0 radical (unpaired) electrons. The number of aromatic nitrogens is 1. The number of thiazole rings is 1. The first-order valence-corrected chi connectivity index (χ1v) is 9.82. The standard InChI is InChI=1S/C19H23F3N4S.HI/c1-3-23-17(24-10-16-26-15(11-27-16)19(20,21)22)25-12-18(8-9-18)14-7-5-4-6-13(14)2;/h4-7,11H,3,8-10,12H2,1-2H3,(H2,23,24,25);1H. The Hall–Kier alpha value is -1.36. The summed E-state index contributed by atoms with van der Waals surface area (Å²) >= 11 is 0.978. The fourth-order valence-electron chi connectivity index (χ4n) is 3.12. The van der Waals surface area contributed by atoms with Gasteiger partial charge in [-0.3, -0.25) is 0 Å². The van der Waals surface area contributed by atoms with E-state index in [1.807, 2.05) is 13.0 Å². The summed E-state index contributed by atoms with van der Waals surface area (Å²) in [5, 5.41) is 7.88. The van der Waals surface area contributed by atoms with E-state index < -0.39 is 11.9 Å². The Morgan fingerprint density at radius 1 is 1.25 bits per heavy atom. The number of hydrogen-bond donors (Lipinski definition) is 2. The third-order valence-corrected chi connectivity index (χ3v) is 5.56. The lowest BCUT2D eigenvalue weighted by molar-refractivity contribution is -0.140. The van der Waals surface area contributed by atoms with E-state index in [2.05, 4.69) is 45.7 Å². The van der Waals surface area contributed by atoms with Crippen LogP contribution in [0.5, 0.6) is 0 Å². The molecule has 0 spiro atoms. The molecular weight excluding hydrogens is 500 g/mol. The first-order chi connectivity index (χ1) is 12.8. The molecule has 3 rings (SSSR count). The van der Waals surface area contributed by atoms with E-state index >= 15 is 0 Å². The number of aliphatic imine (C=N–C) groups is 1. The van der Waals surface area contributed by atoms with E-state index in [0.717, 1.165) is 36.1 Å². The molecule has 2 N–H and O–H groups in total. The van der Waals surface area contributed by atoms with Crippen LogP contribution in [0.15, 0.2) is 34.6 Å². The summed E-state index contributed by atoms with van der Waals surface area (Å²) < 4.78 is 38.0. The van der Waals surface area contributed by atoms with Gasteiger partial charge < -0.3 is 10.6 Å². The van der Waals surface area contributed by atoms with E-state index in [4.69, 9.17) is 0 Å². The highest BCUT2D eigenvalue weighted by Crippen LogP contribution is 2.48. The molecule has 0 bridgehead atoms. The van der Waals surface area contributed by atoms with Crippen molar-refractivity contribution >= 4 is 41.3 Å². The SMILES string of the molecule is CCNC(=NCc1nc(C(F)(F)F)cs1)NCC1(c2ccccc2C)CC1.I. The number of benzene rings is 1. The van der Waals surface area contributed by atoms with E-state index in [1.165, 1.54) is 11.1 Å². The van der Waals surface area contributed by atoms with Gasteiger partial charge in [-0.1, -0.05) is 24.3 Å². The number of guanidine groups is 1. The first kappa shape index (κ1) is 22.9. The fourth-order valence-corrected chi connectivity index (χ4v) is 3.84. The molecule has 1 aliphatic carbocycles. The predicted octanol–water partition coefficient (Wildman–Crippen LogP) is 4.88. The van der Waals surface area contributed by atoms with Gasteiger partial charge in [-0.25, -0.2) is 9.98 Å². The van der Waals surface area contributed by atoms with E-state index in [-0.39, 0.29) is 35.9 Å². The van der Waals surface area contributed by atoms with Crippen molar-refractivity contribution in [2.45, 2.75) is 44.8 Å². The molecule has 2 aromatic rings. The minimum Gasteiger partial charge on any atom is -0.357 e. The summed E-state index contributed by atoms with van der Waals surface area (Å²) in [6.45, 7) is 5.61. The Morgan fingerprint density at radius 2 is 1.96 bits per heavy atom. The second kappa shape index (κ2) is 9.43. The quantitative estimate of drug-likeness (QED) is 0.322. The Balaban J connectivity index is 0.00000280. The second-order valence-corrected chi connectivity index (χ2v) is 7.71. The highest BCUT2D eigenvalue weighted by atomic mass is 127. The van der Waals surface area contributed by atoms with Crippen molar-refractivity contribution < 1.29 is 13.2 Å². The van der Waals surface area contributed by atoms with Gasteiger partial charge in [0.2, 0.25) is 0 Å². The zero-order valence-corrected chi connectivity index (χ0v) is 18.9. The normalized spacial score (nSPS) is 15.7. The largest absolute Gasteiger partial charge is 0.434 e. The Bertz CT molecular complexity index is 816. The predicted molar refractivity (Wildman–Crippen MR) is 117 cm³/mol. The molecule has 1 aromatic carbocycles. The number of rotatable bonds is 6. The molecule has 0 amide bonds. The van der Waals surface area contributed by atoms with Crippen LogP contribution in [0.2, 0.25) is 0 Å². The minimum absolute atomic E-state index is 0. The van der Waals surface area contributed by atoms with Crippen LogP contribution >= 0.6 is 35.3 Å². The van der Waals surface area contributed by atoms with Gasteiger partial charge in [-0.05, 0) is 37.8 Å². The molecule has 28 heavy (non-hydrogen) atoms. The second-order valence-electron chi connectivity index (χ2n) is 6.77. The molecule has 0 unspecified atom stereocenters. The number of nitrogens with zero attached hydrogens (tertiary/aromatic N) is 2. The van der Waals surface area contributed by atoms with Crippen LogP contribution in [-0.2, 0) is 18.1 Å². The Labute approximate surface area is 184 Å². The summed E-state index contributed by atoms with van der Waals surface area (Å²) in [6.07, 6.45) is -2.18. The fraction of sp³-hybridized carbons (Fsp3) is 0.474. The number of hydrogen-bond acceptors (Lipinski definition) is 3. The summed E-state index contributed by atoms with van der Waals surface area (Å²) in [4.78, 5) is 8.03. The average Bonchev–Trinajstić information content (AvgIpc) is 3.24. The maximum Gasteiger partial charge on any atom is 0.434 e. The van der Waals surface area contributed by atoms with E-state index in [0.29, 0.717) is 17.5 Å². The van der Waals surface area contributed by atoms with E-state index in [1.54, 1.807) is 0 Å². The molecular formula is C19H24F3IN4S. The summed E-state index contributed by atoms with van der Waals surface area (Å²) in [5.41, 5.74) is 1.89. The Kier molecular flexibility index (Phi) is 7.72. The van der Waals surface area contributed by atoms with Crippen molar-refractivity contribution in [2.75, 3.05) is 13.1 Å². The molecule has 1 heterocycles. The maximum absolute atomic E-state index is 12.7. The lowest BCUT2D eigenvalue weighted by Crippen LogP contribution is -2.41. The van der Waals surface area contributed by atoms with Crippen LogP contribution in [0.25, 0.3) is 0 Å². The molecule has 1 saturated carbocycles. The average molecular weight is 524 g/mol. The summed E-state index contributed by atoms with van der Waals surface area (Å²) in [6, 6.07) is 8.39. The smallest absolute Gasteiger partial charge is 0.357 e. The van der Waals surface area contributed by atoms with Crippen molar-refractivity contribution in [3.8, 4) is 0 Å². The zero-order valence-electron chi connectivity index (χ0n) is 15.8. The van der Waals surface area contributed by atoms with Gasteiger partial charge in [0.05, 0.1) is 6.54 Å². The highest BCUT2D eigenvalue weighted by Gasteiger charge is 2.44. The number of alkyl halides is 3. The van der Waals surface area contributed by atoms with E-state index in [9.17, 15) is 13.2 Å². The third-order valence-electron chi connectivity index (χ3n) is 4.72. The highest BCUT2D eigenvalue weighted by molar-refractivity contribution is 14.0. The van der Waals surface area contributed by atoms with Gasteiger partial charge in [0.15, 0.2) is 11.7 Å². The van der Waals surface area contributed by atoms with Gasteiger partial charge in [0.25, 0.3) is 0 Å². The van der Waals surface area contributed by atoms with Crippen molar-refractivity contribution in [3.05, 3.63) is 51.5 Å². The lowest BCUT2D eigenvalue weighted by atomic mass is 9.92. The summed E-state index contributed by atoms with van der Waals surface area (Å²) in [5.74, 6) is 0.598. The van der Waals surface area contributed by atoms with Crippen LogP contribution in [0, 0.1) is 6.92 Å². The molecule has 154 valence electrons. The van der Waals surface area contributed by atoms with Crippen LogP contribution in [-0.4, -0.2) is 24.0 Å². The monoisotopic (exact) mass is 524 g/mol. The number of aryl methyl sites for hydroxylation is 1. The molecule has 0 aliphatic heterocycles. The minimum atomic E-state index is -4.41. The first-order valence-electron chi connectivity index (χ1n) is 8.94. The number of halogens is 4. The van der Waals surface area contributed by atoms with Crippen LogP contribution in [0.1, 0.15) is 41.6 Å². The van der Waals surface area contributed by atoms with Gasteiger partial charge in [0.1, 0.15) is 5.01 Å². The molecule has 1 fully saturated rings. The van der Waals surface area contributed by atoms with Gasteiger partial charge in [-0.15, -0.1) is 35.3 Å². The van der Waals surface area contributed by atoms with Crippen molar-refractivity contribution in [2.24, 2.45) is 4.99 Å². The molecule has 9 heteroatoms. The molecule has 0 atom stereocenters. The Morgan fingerprint density at radius 3 is 2.54 bits per heavy atom. The molecule has 4 nitrogen and oxygen atoms in total. The van der Waals surface area contributed by atoms with Gasteiger partial charge >= 0.3 is 6.18 Å². The van der Waals surface area contributed by atoms with Crippen molar-refractivity contribution in [1.82, 2.24) is 15.6 Å². The van der Waals surface area contributed by atoms with Gasteiger partial charge in [0, 0.05) is 23.9 Å². The molecule has 0 saturated heterocycles. The molecule has 1 aliphatic rings. The van der Waals surface area contributed by atoms with Crippen molar-refractivity contribution in [1.29, 1.82) is 0 Å². The third kappa shape index (κ3) is 5.59. The zero-order chi connectivity index (χ0) is 19.5. The number of nitrogens with one attached hydrogen (secondary N) is 2. The van der Waals surface area contributed by atoms with Crippen molar-refractivity contribution in [3.63, 3.8) is 0 Å². The molecule has 1 aromatic heterocycles. The summed E-state index contributed by atoms with van der Waals surface area (Å²) in [7, 11) is 0. The van der Waals surface area contributed by atoms with Crippen LogP contribution in [0.4, 0.5) is 13.2 Å². The topological polar surface area (TPSA) is 49.3 Å². The van der Waals surface area contributed by atoms with Gasteiger partial charge in [-0.2, -0.15) is 13.2 Å². The van der Waals surface area contributed by atoms with Crippen LogP contribution < -0.4 is 10.6 Å². The lowest BCUT2D eigenvalue weighted by Gasteiger charge is -2.20. The van der Waals surface area contributed by atoms with Crippen LogP contribution in [0.3, 0.4) is 0 Å². The maximum atomic E-state index is 12.7.